The standard InChI is InChI=1S/C12H17Cl2NO/c1-9(8-16-2)6-15-7-10-4-3-5-11(13)12(10)14/h3-5,9,15H,6-8H2,1-2H3. The van der Waals surface area contributed by atoms with E-state index < -0.39 is 0 Å². The minimum atomic E-state index is 0.489. The van der Waals surface area contributed by atoms with Crippen LogP contribution in [0.2, 0.25) is 10.0 Å². The van der Waals surface area contributed by atoms with Crippen molar-refractivity contribution >= 4 is 23.2 Å². The maximum atomic E-state index is 6.07. The Labute approximate surface area is 107 Å². The van der Waals surface area contributed by atoms with Crippen LogP contribution in [0.4, 0.5) is 0 Å². The molecule has 1 unspecified atom stereocenters. The van der Waals surface area contributed by atoms with Crippen LogP contribution < -0.4 is 5.32 Å². The fourth-order valence-corrected chi connectivity index (χ4v) is 1.87. The summed E-state index contributed by atoms with van der Waals surface area (Å²) in [6, 6.07) is 5.67. The van der Waals surface area contributed by atoms with Crippen molar-refractivity contribution in [3.05, 3.63) is 33.8 Å². The Morgan fingerprint density at radius 3 is 2.81 bits per heavy atom. The first-order valence-electron chi connectivity index (χ1n) is 5.27. The molecule has 1 aromatic carbocycles. The quantitative estimate of drug-likeness (QED) is 0.848. The van der Waals surface area contributed by atoms with Gasteiger partial charge in [-0.05, 0) is 17.5 Å². The second-order valence-electron chi connectivity index (χ2n) is 3.90. The van der Waals surface area contributed by atoms with E-state index in [1.165, 1.54) is 0 Å². The maximum absolute atomic E-state index is 6.07. The van der Waals surface area contributed by atoms with E-state index in [4.69, 9.17) is 27.9 Å². The summed E-state index contributed by atoms with van der Waals surface area (Å²) in [7, 11) is 1.71. The Kier molecular flexibility index (Phi) is 6.14. The molecule has 0 aliphatic carbocycles. The highest BCUT2D eigenvalue weighted by molar-refractivity contribution is 6.42. The van der Waals surface area contributed by atoms with E-state index in [1.54, 1.807) is 13.2 Å². The molecule has 0 amide bonds. The molecule has 16 heavy (non-hydrogen) atoms. The van der Waals surface area contributed by atoms with Crippen molar-refractivity contribution in [2.75, 3.05) is 20.3 Å². The summed E-state index contributed by atoms with van der Waals surface area (Å²) in [6.07, 6.45) is 0. The van der Waals surface area contributed by atoms with Gasteiger partial charge >= 0.3 is 0 Å². The third-order valence-corrected chi connectivity index (χ3v) is 3.15. The van der Waals surface area contributed by atoms with Gasteiger partial charge in [0.25, 0.3) is 0 Å². The molecule has 0 spiro atoms. The van der Waals surface area contributed by atoms with Crippen LogP contribution in [-0.2, 0) is 11.3 Å². The number of nitrogens with one attached hydrogen (secondary N) is 1. The van der Waals surface area contributed by atoms with Gasteiger partial charge in [-0.15, -0.1) is 0 Å². The number of halogens is 2. The Morgan fingerprint density at radius 1 is 1.38 bits per heavy atom. The van der Waals surface area contributed by atoms with Crippen molar-refractivity contribution in [1.82, 2.24) is 5.32 Å². The zero-order chi connectivity index (χ0) is 12.0. The molecule has 0 heterocycles. The van der Waals surface area contributed by atoms with Gasteiger partial charge in [0.2, 0.25) is 0 Å². The molecule has 0 aliphatic heterocycles. The zero-order valence-electron chi connectivity index (χ0n) is 9.59. The summed E-state index contributed by atoms with van der Waals surface area (Å²) < 4.78 is 5.06. The fourth-order valence-electron chi connectivity index (χ4n) is 1.48. The van der Waals surface area contributed by atoms with Gasteiger partial charge in [-0.3, -0.25) is 0 Å². The summed E-state index contributed by atoms with van der Waals surface area (Å²) >= 11 is 12.0. The van der Waals surface area contributed by atoms with E-state index in [9.17, 15) is 0 Å². The van der Waals surface area contributed by atoms with Gasteiger partial charge in [-0.25, -0.2) is 0 Å². The normalized spacial score (nSPS) is 12.8. The SMILES string of the molecule is COCC(C)CNCc1cccc(Cl)c1Cl. The number of hydrogen-bond acceptors (Lipinski definition) is 2. The highest BCUT2D eigenvalue weighted by atomic mass is 35.5. The molecule has 0 saturated heterocycles. The minimum Gasteiger partial charge on any atom is -0.384 e. The van der Waals surface area contributed by atoms with Crippen molar-refractivity contribution in [1.29, 1.82) is 0 Å². The summed E-state index contributed by atoms with van der Waals surface area (Å²) in [5, 5.41) is 4.57. The molecule has 0 aliphatic rings. The van der Waals surface area contributed by atoms with E-state index in [2.05, 4.69) is 12.2 Å². The molecular formula is C12H17Cl2NO. The molecule has 1 aromatic rings. The minimum absolute atomic E-state index is 0.489. The van der Waals surface area contributed by atoms with E-state index >= 15 is 0 Å². The highest BCUT2D eigenvalue weighted by Gasteiger charge is 2.05. The monoisotopic (exact) mass is 261 g/mol. The van der Waals surface area contributed by atoms with Gasteiger partial charge in [-0.1, -0.05) is 42.3 Å². The molecule has 1 atom stereocenters. The number of rotatable bonds is 6. The Morgan fingerprint density at radius 2 is 2.12 bits per heavy atom. The highest BCUT2D eigenvalue weighted by Crippen LogP contribution is 2.25. The van der Waals surface area contributed by atoms with E-state index in [0.717, 1.165) is 25.3 Å². The molecule has 2 nitrogen and oxygen atoms in total. The van der Waals surface area contributed by atoms with Gasteiger partial charge in [0.15, 0.2) is 0 Å². The molecule has 0 fully saturated rings. The molecule has 1 N–H and O–H groups in total. The third-order valence-electron chi connectivity index (χ3n) is 2.29. The van der Waals surface area contributed by atoms with Gasteiger partial charge < -0.3 is 10.1 Å². The van der Waals surface area contributed by atoms with Crippen molar-refractivity contribution in [3.63, 3.8) is 0 Å². The molecular weight excluding hydrogens is 245 g/mol. The Bertz CT molecular complexity index is 331. The zero-order valence-corrected chi connectivity index (χ0v) is 11.1. The number of ether oxygens (including phenoxy) is 1. The molecule has 0 bridgehead atoms. The predicted molar refractivity (Wildman–Crippen MR) is 69.2 cm³/mol. The average molecular weight is 262 g/mol. The van der Waals surface area contributed by atoms with Crippen molar-refractivity contribution in [2.24, 2.45) is 5.92 Å². The molecule has 4 heteroatoms. The van der Waals surface area contributed by atoms with Crippen LogP contribution in [0.25, 0.3) is 0 Å². The summed E-state index contributed by atoms with van der Waals surface area (Å²) in [5.41, 5.74) is 1.03. The Hall–Kier alpha value is -0.280. The van der Waals surface area contributed by atoms with Crippen LogP contribution in [0.1, 0.15) is 12.5 Å². The molecule has 90 valence electrons. The van der Waals surface area contributed by atoms with E-state index in [-0.39, 0.29) is 0 Å². The summed E-state index contributed by atoms with van der Waals surface area (Å²) in [4.78, 5) is 0. The summed E-state index contributed by atoms with van der Waals surface area (Å²) in [5.74, 6) is 0.489. The molecule has 0 aromatic heterocycles. The van der Waals surface area contributed by atoms with Crippen molar-refractivity contribution in [3.8, 4) is 0 Å². The fraction of sp³-hybridized carbons (Fsp3) is 0.500. The predicted octanol–water partition coefficient (Wildman–Crippen LogP) is 3.37. The topological polar surface area (TPSA) is 21.3 Å². The van der Waals surface area contributed by atoms with Crippen molar-refractivity contribution in [2.45, 2.75) is 13.5 Å². The lowest BCUT2D eigenvalue weighted by Crippen LogP contribution is -2.23. The van der Waals surface area contributed by atoms with Gasteiger partial charge in [0, 0.05) is 26.8 Å². The largest absolute Gasteiger partial charge is 0.384 e. The first-order chi connectivity index (χ1) is 7.65. The molecule has 1 rings (SSSR count). The van der Waals surface area contributed by atoms with Gasteiger partial charge in [0.1, 0.15) is 0 Å². The lowest BCUT2D eigenvalue weighted by Gasteiger charge is -2.12. The van der Waals surface area contributed by atoms with E-state index in [1.807, 2.05) is 12.1 Å². The van der Waals surface area contributed by atoms with E-state index in [0.29, 0.717) is 16.0 Å². The second kappa shape index (κ2) is 7.13. The van der Waals surface area contributed by atoms with Gasteiger partial charge in [0.05, 0.1) is 10.0 Å². The summed E-state index contributed by atoms with van der Waals surface area (Å²) in [6.45, 7) is 4.52. The van der Waals surface area contributed by atoms with Crippen LogP contribution in [0, 0.1) is 5.92 Å². The number of benzene rings is 1. The number of methoxy groups -OCH3 is 1. The first-order valence-corrected chi connectivity index (χ1v) is 6.03. The van der Waals surface area contributed by atoms with Crippen LogP contribution >= 0.6 is 23.2 Å². The average Bonchev–Trinajstić information content (AvgIpc) is 2.25. The lowest BCUT2D eigenvalue weighted by atomic mass is 10.2. The lowest BCUT2D eigenvalue weighted by molar-refractivity contribution is 0.158. The molecule has 0 radical (unpaired) electrons. The van der Waals surface area contributed by atoms with Crippen LogP contribution in [-0.4, -0.2) is 20.3 Å². The van der Waals surface area contributed by atoms with Gasteiger partial charge in [-0.2, -0.15) is 0 Å². The Balaban J connectivity index is 2.40. The first kappa shape index (κ1) is 13.8. The third kappa shape index (κ3) is 4.30. The van der Waals surface area contributed by atoms with Crippen LogP contribution in [0.15, 0.2) is 18.2 Å². The van der Waals surface area contributed by atoms with Crippen molar-refractivity contribution < 1.29 is 4.74 Å². The second-order valence-corrected chi connectivity index (χ2v) is 4.69. The maximum Gasteiger partial charge on any atom is 0.0637 e. The smallest absolute Gasteiger partial charge is 0.0637 e. The van der Waals surface area contributed by atoms with Crippen LogP contribution in [0.3, 0.4) is 0 Å². The number of hydrogen-bond donors (Lipinski definition) is 1. The molecule has 0 saturated carbocycles. The van der Waals surface area contributed by atoms with Crippen LogP contribution in [0.5, 0.6) is 0 Å².